The lowest BCUT2D eigenvalue weighted by atomic mass is 9.86. The van der Waals surface area contributed by atoms with Gasteiger partial charge in [-0.15, -0.1) is 0 Å². The Balaban J connectivity index is 2.20. The molecule has 0 radical (unpaired) electrons. The lowest BCUT2D eigenvalue weighted by molar-refractivity contribution is 0.380. The predicted octanol–water partition coefficient (Wildman–Crippen LogP) is 2.99. The van der Waals surface area contributed by atoms with Crippen LogP contribution in [0.1, 0.15) is 36.8 Å². The van der Waals surface area contributed by atoms with Crippen molar-refractivity contribution in [1.82, 2.24) is 5.32 Å². The molecule has 2 rings (SSSR count). The Morgan fingerprint density at radius 2 is 2.13 bits per heavy atom. The fourth-order valence-electron chi connectivity index (χ4n) is 2.43. The maximum Gasteiger partial charge on any atom is 0.123 e. The molecule has 0 aliphatic carbocycles. The first-order valence-corrected chi connectivity index (χ1v) is 5.65. The molecule has 0 amide bonds. The van der Waals surface area contributed by atoms with Crippen molar-refractivity contribution in [2.24, 2.45) is 0 Å². The van der Waals surface area contributed by atoms with Gasteiger partial charge >= 0.3 is 0 Å². The number of piperidine rings is 1. The van der Waals surface area contributed by atoms with Crippen molar-refractivity contribution < 1.29 is 4.39 Å². The fourth-order valence-corrected chi connectivity index (χ4v) is 2.43. The highest BCUT2D eigenvalue weighted by molar-refractivity contribution is 5.27. The van der Waals surface area contributed by atoms with Crippen LogP contribution in [0.25, 0.3) is 0 Å². The van der Waals surface area contributed by atoms with Crippen LogP contribution >= 0.6 is 0 Å². The first-order chi connectivity index (χ1) is 7.15. The zero-order valence-electron chi connectivity index (χ0n) is 9.39. The van der Waals surface area contributed by atoms with Gasteiger partial charge < -0.3 is 5.32 Å². The minimum absolute atomic E-state index is 0.101. The number of halogens is 1. The Bertz CT molecular complexity index is 328. The van der Waals surface area contributed by atoms with Crippen LogP contribution in [0, 0.1) is 12.7 Å². The van der Waals surface area contributed by atoms with Crippen LogP contribution in [-0.2, 0) is 0 Å². The Kier molecular flexibility index (Phi) is 3.06. The zero-order valence-corrected chi connectivity index (χ0v) is 9.39. The van der Waals surface area contributed by atoms with Crippen molar-refractivity contribution in [2.45, 2.75) is 38.6 Å². The summed E-state index contributed by atoms with van der Waals surface area (Å²) in [6.45, 7) is 5.19. The minimum atomic E-state index is -0.101. The SMILES string of the molecule is Cc1cc(F)cc(C2CCNC(C)C2)c1. The van der Waals surface area contributed by atoms with Gasteiger partial charge in [0.2, 0.25) is 0 Å². The molecule has 1 aliphatic heterocycles. The maximum atomic E-state index is 13.3. The van der Waals surface area contributed by atoms with E-state index in [1.165, 1.54) is 5.56 Å². The number of rotatable bonds is 1. The average Bonchev–Trinajstić information content (AvgIpc) is 2.16. The molecule has 0 spiro atoms. The molecule has 1 nitrogen and oxygen atoms in total. The summed E-state index contributed by atoms with van der Waals surface area (Å²) >= 11 is 0. The molecule has 2 atom stereocenters. The molecule has 2 unspecified atom stereocenters. The van der Waals surface area contributed by atoms with Gasteiger partial charge in [0.15, 0.2) is 0 Å². The van der Waals surface area contributed by atoms with Crippen molar-refractivity contribution in [1.29, 1.82) is 0 Å². The minimum Gasteiger partial charge on any atom is -0.314 e. The van der Waals surface area contributed by atoms with Crippen LogP contribution in [-0.4, -0.2) is 12.6 Å². The van der Waals surface area contributed by atoms with E-state index in [0.717, 1.165) is 24.9 Å². The van der Waals surface area contributed by atoms with E-state index in [1.807, 2.05) is 6.92 Å². The van der Waals surface area contributed by atoms with Crippen LogP contribution in [0.15, 0.2) is 18.2 Å². The first kappa shape index (κ1) is 10.6. The normalized spacial score (nSPS) is 26.6. The van der Waals surface area contributed by atoms with Gasteiger partial charge in [-0.25, -0.2) is 4.39 Å². The van der Waals surface area contributed by atoms with E-state index >= 15 is 0 Å². The van der Waals surface area contributed by atoms with Crippen LogP contribution in [0.3, 0.4) is 0 Å². The molecular formula is C13H18FN. The largest absolute Gasteiger partial charge is 0.314 e. The van der Waals surface area contributed by atoms with Crippen LogP contribution in [0.2, 0.25) is 0 Å². The first-order valence-electron chi connectivity index (χ1n) is 5.65. The second-order valence-electron chi connectivity index (χ2n) is 4.64. The van der Waals surface area contributed by atoms with Crippen LogP contribution in [0.5, 0.6) is 0 Å². The molecule has 1 heterocycles. The topological polar surface area (TPSA) is 12.0 Å². The molecule has 0 bridgehead atoms. The molecule has 1 saturated heterocycles. The van der Waals surface area contributed by atoms with E-state index in [1.54, 1.807) is 12.1 Å². The second kappa shape index (κ2) is 4.31. The number of aryl methyl sites for hydroxylation is 1. The quantitative estimate of drug-likeness (QED) is 0.746. The third-order valence-electron chi connectivity index (χ3n) is 3.16. The Labute approximate surface area is 90.7 Å². The van der Waals surface area contributed by atoms with Crippen LogP contribution in [0.4, 0.5) is 4.39 Å². The maximum absolute atomic E-state index is 13.3. The highest BCUT2D eigenvalue weighted by Gasteiger charge is 2.20. The van der Waals surface area contributed by atoms with Gasteiger partial charge in [0, 0.05) is 6.04 Å². The molecule has 82 valence electrons. The summed E-state index contributed by atoms with van der Waals surface area (Å²) in [5.41, 5.74) is 2.19. The fraction of sp³-hybridized carbons (Fsp3) is 0.538. The van der Waals surface area contributed by atoms with Crippen molar-refractivity contribution in [3.63, 3.8) is 0 Å². The molecule has 0 aromatic heterocycles. The molecule has 15 heavy (non-hydrogen) atoms. The van der Waals surface area contributed by atoms with Gasteiger partial charge in [0.1, 0.15) is 5.82 Å². The zero-order chi connectivity index (χ0) is 10.8. The van der Waals surface area contributed by atoms with Crippen molar-refractivity contribution in [3.05, 3.63) is 35.1 Å². The van der Waals surface area contributed by atoms with Crippen molar-refractivity contribution in [2.75, 3.05) is 6.54 Å². The number of hydrogen-bond acceptors (Lipinski definition) is 1. The summed E-state index contributed by atoms with van der Waals surface area (Å²) in [5.74, 6) is 0.423. The molecule has 1 aromatic carbocycles. The van der Waals surface area contributed by atoms with E-state index in [4.69, 9.17) is 0 Å². The van der Waals surface area contributed by atoms with Gasteiger partial charge in [-0.3, -0.25) is 0 Å². The van der Waals surface area contributed by atoms with E-state index in [-0.39, 0.29) is 5.82 Å². The molecule has 1 aromatic rings. The monoisotopic (exact) mass is 207 g/mol. The van der Waals surface area contributed by atoms with Crippen LogP contribution < -0.4 is 5.32 Å². The molecule has 2 heteroatoms. The number of hydrogen-bond donors (Lipinski definition) is 1. The summed E-state index contributed by atoms with van der Waals surface area (Å²) in [6, 6.07) is 5.95. The third kappa shape index (κ3) is 2.57. The smallest absolute Gasteiger partial charge is 0.123 e. The summed E-state index contributed by atoms with van der Waals surface area (Å²) in [4.78, 5) is 0. The summed E-state index contributed by atoms with van der Waals surface area (Å²) in [6.07, 6.45) is 2.23. The highest BCUT2D eigenvalue weighted by atomic mass is 19.1. The Hall–Kier alpha value is -0.890. The van der Waals surface area contributed by atoms with Crippen molar-refractivity contribution in [3.8, 4) is 0 Å². The summed E-state index contributed by atoms with van der Waals surface area (Å²) in [7, 11) is 0. The molecule has 1 fully saturated rings. The molecule has 1 N–H and O–H groups in total. The van der Waals surface area contributed by atoms with Gasteiger partial charge in [-0.2, -0.15) is 0 Å². The highest BCUT2D eigenvalue weighted by Crippen LogP contribution is 2.28. The van der Waals surface area contributed by atoms with E-state index in [9.17, 15) is 4.39 Å². The van der Waals surface area contributed by atoms with Gasteiger partial charge in [0.25, 0.3) is 0 Å². The molecule has 0 saturated carbocycles. The summed E-state index contributed by atoms with van der Waals surface area (Å²) in [5, 5.41) is 3.42. The Morgan fingerprint density at radius 1 is 1.33 bits per heavy atom. The number of nitrogens with one attached hydrogen (secondary N) is 1. The number of benzene rings is 1. The lowest BCUT2D eigenvalue weighted by Gasteiger charge is -2.28. The van der Waals surface area contributed by atoms with Gasteiger partial charge in [-0.05, 0) is 62.4 Å². The average molecular weight is 207 g/mol. The van der Waals surface area contributed by atoms with E-state index in [2.05, 4.69) is 18.3 Å². The summed E-state index contributed by atoms with van der Waals surface area (Å²) < 4.78 is 13.3. The van der Waals surface area contributed by atoms with Gasteiger partial charge in [0.05, 0.1) is 0 Å². The predicted molar refractivity (Wildman–Crippen MR) is 60.6 cm³/mol. The van der Waals surface area contributed by atoms with Gasteiger partial charge in [-0.1, -0.05) is 6.07 Å². The third-order valence-corrected chi connectivity index (χ3v) is 3.16. The lowest BCUT2D eigenvalue weighted by Crippen LogP contribution is -2.34. The van der Waals surface area contributed by atoms with E-state index in [0.29, 0.717) is 12.0 Å². The standard InChI is InChI=1S/C13H18FN/c1-9-5-12(8-13(14)6-9)11-3-4-15-10(2)7-11/h5-6,8,10-11,15H,3-4,7H2,1-2H3. The Morgan fingerprint density at radius 3 is 2.80 bits per heavy atom. The van der Waals surface area contributed by atoms with Crippen molar-refractivity contribution >= 4 is 0 Å². The van der Waals surface area contributed by atoms with E-state index < -0.39 is 0 Å². The molecule has 1 aliphatic rings. The second-order valence-corrected chi connectivity index (χ2v) is 4.64. The molecular weight excluding hydrogens is 189 g/mol.